The van der Waals surface area contributed by atoms with Crippen molar-refractivity contribution in [2.75, 3.05) is 6.54 Å². The van der Waals surface area contributed by atoms with Crippen LogP contribution in [0.2, 0.25) is 0 Å². The lowest BCUT2D eigenvalue weighted by molar-refractivity contribution is 0.0952. The van der Waals surface area contributed by atoms with Gasteiger partial charge in [-0.3, -0.25) is 4.79 Å². The van der Waals surface area contributed by atoms with Crippen LogP contribution >= 0.6 is 0 Å². The molecule has 1 aliphatic heterocycles. The van der Waals surface area contributed by atoms with E-state index in [1.54, 1.807) is 12.3 Å². The second-order valence-electron chi connectivity index (χ2n) is 7.41. The minimum Gasteiger partial charge on any atom is -0.350 e. The summed E-state index contributed by atoms with van der Waals surface area (Å²) in [5.74, 6) is -0.622. The number of nitrogens with one attached hydrogen (secondary N) is 4. The van der Waals surface area contributed by atoms with E-state index < -0.39 is 0 Å². The van der Waals surface area contributed by atoms with Crippen LogP contribution in [-0.4, -0.2) is 35.6 Å². The van der Waals surface area contributed by atoms with Crippen molar-refractivity contribution in [3.8, 4) is 0 Å². The van der Waals surface area contributed by atoms with Crippen LogP contribution in [0.3, 0.4) is 0 Å². The number of benzene rings is 1. The molecule has 8 heteroatoms. The Morgan fingerprint density at radius 2 is 2.11 bits per heavy atom. The van der Waals surface area contributed by atoms with Crippen molar-refractivity contribution in [3.05, 3.63) is 41.5 Å². The lowest BCUT2D eigenvalue weighted by Gasteiger charge is -2.29. The second-order valence-corrected chi connectivity index (χ2v) is 7.41. The summed E-state index contributed by atoms with van der Waals surface area (Å²) in [5, 5.41) is 9.12. The average Bonchev–Trinajstić information content (AvgIpc) is 2.97. The normalized spacial score (nSPS) is 23.8. The Labute approximate surface area is 161 Å². The number of rotatable bonds is 2. The van der Waals surface area contributed by atoms with E-state index in [1.165, 1.54) is 12.1 Å². The maximum absolute atomic E-state index is 13.8. The molecule has 0 saturated heterocycles. The van der Waals surface area contributed by atoms with Gasteiger partial charge in [-0.05, 0) is 43.0 Å². The van der Waals surface area contributed by atoms with Crippen molar-refractivity contribution in [2.24, 2.45) is 5.73 Å². The van der Waals surface area contributed by atoms with Gasteiger partial charge in [0, 0.05) is 41.3 Å². The van der Waals surface area contributed by atoms with E-state index in [4.69, 9.17) is 5.73 Å². The molecule has 1 fully saturated rings. The molecule has 6 N–H and O–H groups in total. The van der Waals surface area contributed by atoms with Crippen LogP contribution < -0.4 is 21.7 Å². The van der Waals surface area contributed by atoms with Crippen LogP contribution in [0, 0.1) is 5.82 Å². The Morgan fingerprint density at radius 3 is 2.93 bits per heavy atom. The molecule has 0 spiro atoms. The molecule has 3 amide bonds. The zero-order valence-electron chi connectivity index (χ0n) is 15.5. The number of nitrogens with two attached hydrogens (primary N) is 1. The minimum atomic E-state index is -0.379. The van der Waals surface area contributed by atoms with Crippen molar-refractivity contribution in [1.29, 1.82) is 0 Å². The zero-order valence-corrected chi connectivity index (χ0v) is 15.5. The summed E-state index contributed by atoms with van der Waals surface area (Å²) in [5.41, 5.74) is 8.52. The number of aromatic amines is 1. The Balaban J connectivity index is 1.60. The van der Waals surface area contributed by atoms with Gasteiger partial charge in [-0.15, -0.1) is 0 Å². The maximum Gasteiger partial charge on any atom is 0.319 e. The number of urea groups is 1. The van der Waals surface area contributed by atoms with Gasteiger partial charge in [-0.2, -0.15) is 0 Å². The van der Waals surface area contributed by atoms with E-state index >= 15 is 0 Å². The molecule has 2 aliphatic rings. The first-order valence-electron chi connectivity index (χ1n) is 9.64. The third-order valence-corrected chi connectivity index (χ3v) is 5.50. The molecule has 28 heavy (non-hydrogen) atoms. The fraction of sp³-hybridized carbons (Fsp3) is 0.400. The van der Waals surface area contributed by atoms with Crippen LogP contribution in [0.1, 0.15) is 48.2 Å². The van der Waals surface area contributed by atoms with Crippen molar-refractivity contribution < 1.29 is 14.0 Å². The summed E-state index contributed by atoms with van der Waals surface area (Å²) in [4.78, 5) is 27.8. The fourth-order valence-corrected chi connectivity index (χ4v) is 4.04. The number of amides is 3. The van der Waals surface area contributed by atoms with Crippen LogP contribution in [-0.2, 0) is 0 Å². The van der Waals surface area contributed by atoms with Crippen LogP contribution in [0.25, 0.3) is 16.5 Å². The van der Waals surface area contributed by atoms with E-state index in [1.807, 2.05) is 0 Å². The molecule has 2 heterocycles. The Kier molecular flexibility index (Phi) is 5.04. The van der Waals surface area contributed by atoms with Gasteiger partial charge in [0.15, 0.2) is 0 Å². The summed E-state index contributed by atoms with van der Waals surface area (Å²) in [6.45, 7) is 0.431. The van der Waals surface area contributed by atoms with E-state index in [2.05, 4.69) is 20.9 Å². The topological polar surface area (TPSA) is 112 Å². The van der Waals surface area contributed by atoms with Crippen molar-refractivity contribution in [3.63, 3.8) is 0 Å². The molecule has 0 radical (unpaired) electrons. The lowest BCUT2D eigenvalue weighted by atomic mass is 9.91. The van der Waals surface area contributed by atoms with Gasteiger partial charge in [-0.1, -0.05) is 12.8 Å². The molecule has 0 unspecified atom stereocenters. The van der Waals surface area contributed by atoms with Gasteiger partial charge >= 0.3 is 6.03 Å². The first-order chi connectivity index (χ1) is 13.5. The molecule has 4 rings (SSSR count). The molecule has 1 aromatic heterocycles. The SMILES string of the molecule is N[C@@H]1CCCC[C@H]1NC(=O)NC=C1CCNC(=O)c2[nH]c3ccc(F)cc3c21. The van der Waals surface area contributed by atoms with Gasteiger partial charge < -0.3 is 26.7 Å². The Hall–Kier alpha value is -2.87. The van der Waals surface area contributed by atoms with Gasteiger partial charge in [0.2, 0.25) is 0 Å². The number of fused-ring (bicyclic) bond motifs is 3. The monoisotopic (exact) mass is 385 g/mol. The number of carbonyl (C=O) groups excluding carboxylic acids is 2. The summed E-state index contributed by atoms with van der Waals surface area (Å²) in [7, 11) is 0. The standard InChI is InChI=1S/C20H24FN5O2/c21-12-5-6-15-13(9-12)17-11(7-8-23-19(27)18(17)25-15)10-24-20(28)26-16-4-2-1-3-14(16)22/h5-6,9-10,14,16,25H,1-4,7-8,22H2,(H,23,27)(H2,24,26,28)/t14-,16-/m1/s1. The molecule has 2 atom stereocenters. The van der Waals surface area contributed by atoms with Crippen molar-refractivity contribution in [1.82, 2.24) is 20.9 Å². The van der Waals surface area contributed by atoms with Gasteiger partial charge in [-0.25, -0.2) is 9.18 Å². The van der Waals surface area contributed by atoms with E-state index in [0.29, 0.717) is 35.1 Å². The Morgan fingerprint density at radius 1 is 1.29 bits per heavy atom. The zero-order chi connectivity index (χ0) is 19.7. The number of H-pyrrole nitrogens is 1. The first-order valence-corrected chi connectivity index (χ1v) is 9.64. The summed E-state index contributed by atoms with van der Waals surface area (Å²) < 4.78 is 13.8. The number of carbonyl (C=O) groups is 2. The highest BCUT2D eigenvalue weighted by Gasteiger charge is 2.25. The number of halogens is 1. The molecule has 1 saturated carbocycles. The minimum absolute atomic E-state index is 0.0324. The van der Waals surface area contributed by atoms with E-state index in [0.717, 1.165) is 31.3 Å². The smallest absolute Gasteiger partial charge is 0.319 e. The largest absolute Gasteiger partial charge is 0.350 e. The first kappa shape index (κ1) is 18.5. The van der Waals surface area contributed by atoms with Gasteiger partial charge in [0.05, 0.1) is 0 Å². The van der Waals surface area contributed by atoms with Crippen molar-refractivity contribution in [2.45, 2.75) is 44.2 Å². The van der Waals surface area contributed by atoms with Crippen LogP contribution in [0.5, 0.6) is 0 Å². The summed E-state index contributed by atoms with van der Waals surface area (Å²) in [6, 6.07) is 3.95. The highest BCUT2D eigenvalue weighted by Crippen LogP contribution is 2.32. The molecule has 7 nitrogen and oxygen atoms in total. The van der Waals surface area contributed by atoms with E-state index in [9.17, 15) is 14.0 Å². The molecule has 2 aromatic rings. The number of aromatic nitrogens is 1. The van der Waals surface area contributed by atoms with Gasteiger partial charge in [0.1, 0.15) is 11.5 Å². The second kappa shape index (κ2) is 7.63. The third kappa shape index (κ3) is 3.60. The average molecular weight is 385 g/mol. The quantitative estimate of drug-likeness (QED) is 0.547. The van der Waals surface area contributed by atoms with Crippen molar-refractivity contribution >= 4 is 28.4 Å². The fourth-order valence-electron chi connectivity index (χ4n) is 4.04. The lowest BCUT2D eigenvalue weighted by Crippen LogP contribution is -2.51. The molecule has 0 bridgehead atoms. The highest BCUT2D eigenvalue weighted by molar-refractivity contribution is 6.07. The predicted octanol–water partition coefficient (Wildman–Crippen LogP) is 2.35. The predicted molar refractivity (Wildman–Crippen MR) is 105 cm³/mol. The van der Waals surface area contributed by atoms with Gasteiger partial charge in [0.25, 0.3) is 5.91 Å². The highest BCUT2D eigenvalue weighted by atomic mass is 19.1. The maximum atomic E-state index is 13.8. The Bertz CT molecular complexity index is 951. The number of hydrogen-bond acceptors (Lipinski definition) is 3. The third-order valence-electron chi connectivity index (χ3n) is 5.50. The molecular formula is C20H24FN5O2. The molecular weight excluding hydrogens is 361 g/mol. The number of hydrogen-bond donors (Lipinski definition) is 5. The van der Waals surface area contributed by atoms with E-state index in [-0.39, 0.29) is 29.8 Å². The molecule has 1 aromatic carbocycles. The summed E-state index contributed by atoms with van der Waals surface area (Å²) >= 11 is 0. The molecule has 1 aliphatic carbocycles. The molecule has 148 valence electrons. The van der Waals surface area contributed by atoms with Crippen LogP contribution in [0.15, 0.2) is 24.4 Å². The summed E-state index contributed by atoms with van der Waals surface area (Å²) in [6.07, 6.45) is 6.04. The van der Waals surface area contributed by atoms with Crippen LogP contribution in [0.4, 0.5) is 9.18 Å².